The quantitative estimate of drug-likeness (QED) is 0.680. The highest BCUT2D eigenvalue weighted by atomic mass is 16.2. The summed E-state index contributed by atoms with van der Waals surface area (Å²) >= 11 is 0. The molecule has 3 heterocycles. The summed E-state index contributed by atoms with van der Waals surface area (Å²) in [4.78, 5) is 18.4. The van der Waals surface area contributed by atoms with Gasteiger partial charge >= 0.3 is 0 Å². The van der Waals surface area contributed by atoms with Gasteiger partial charge in [0, 0.05) is 48.7 Å². The standard InChI is InChI=1S/C23H29N5O/c29-23(17-5-1-2-6-17)26-22-9-12-25-28(22)19-10-13-27(14-11-19)16-18-15-24-21-8-4-3-7-20(18)21/h3-4,7-9,12,15,17,19,24H,1-2,5-6,10-11,13-14,16H2,(H,26,29). The Balaban J connectivity index is 1.20. The van der Waals surface area contributed by atoms with E-state index in [0.717, 1.165) is 51.1 Å². The summed E-state index contributed by atoms with van der Waals surface area (Å²) in [6, 6.07) is 10.8. The Morgan fingerprint density at radius 1 is 1.10 bits per heavy atom. The first-order valence-corrected chi connectivity index (χ1v) is 10.9. The SMILES string of the molecule is O=C(Nc1ccnn1C1CCN(Cc2c[nH]c3ccccc23)CC1)C1CCCC1. The third kappa shape index (κ3) is 3.81. The van der Waals surface area contributed by atoms with Crippen LogP contribution in [0.2, 0.25) is 0 Å². The maximum Gasteiger partial charge on any atom is 0.228 e. The Hall–Kier alpha value is -2.60. The number of aromatic nitrogens is 3. The van der Waals surface area contributed by atoms with Gasteiger partial charge in [-0.1, -0.05) is 31.0 Å². The molecule has 0 unspecified atom stereocenters. The molecule has 2 N–H and O–H groups in total. The summed E-state index contributed by atoms with van der Waals surface area (Å²) in [5.74, 6) is 1.20. The first-order chi connectivity index (χ1) is 14.3. The van der Waals surface area contributed by atoms with Crippen LogP contribution in [0.3, 0.4) is 0 Å². The van der Waals surface area contributed by atoms with Crippen LogP contribution < -0.4 is 5.32 Å². The molecular formula is C23H29N5O. The molecule has 2 aliphatic rings. The lowest BCUT2D eigenvalue weighted by atomic mass is 10.0. The number of nitrogens with zero attached hydrogens (tertiary/aromatic N) is 3. The van der Waals surface area contributed by atoms with Gasteiger partial charge in [-0.2, -0.15) is 5.10 Å². The molecule has 0 bridgehead atoms. The monoisotopic (exact) mass is 391 g/mol. The zero-order chi connectivity index (χ0) is 19.6. The van der Waals surface area contributed by atoms with Crippen molar-refractivity contribution in [3.8, 4) is 0 Å². The highest BCUT2D eigenvalue weighted by Gasteiger charge is 2.26. The Morgan fingerprint density at radius 3 is 2.72 bits per heavy atom. The van der Waals surface area contributed by atoms with E-state index in [9.17, 15) is 4.79 Å². The van der Waals surface area contributed by atoms with Gasteiger partial charge in [-0.3, -0.25) is 9.69 Å². The van der Waals surface area contributed by atoms with Gasteiger partial charge in [0.05, 0.1) is 12.2 Å². The molecule has 0 spiro atoms. The van der Waals surface area contributed by atoms with Gasteiger partial charge in [0.15, 0.2) is 0 Å². The number of anilines is 1. The predicted octanol–water partition coefficient (Wildman–Crippen LogP) is 4.33. The van der Waals surface area contributed by atoms with E-state index in [2.05, 4.69) is 50.8 Å². The summed E-state index contributed by atoms with van der Waals surface area (Å²) in [7, 11) is 0. The van der Waals surface area contributed by atoms with Gasteiger partial charge in [-0.25, -0.2) is 4.68 Å². The number of amides is 1. The fourth-order valence-corrected chi connectivity index (χ4v) is 4.95. The maximum atomic E-state index is 12.5. The smallest absolute Gasteiger partial charge is 0.228 e. The number of aromatic amines is 1. The zero-order valence-corrected chi connectivity index (χ0v) is 16.8. The molecule has 2 fully saturated rings. The second-order valence-electron chi connectivity index (χ2n) is 8.50. The topological polar surface area (TPSA) is 66.0 Å². The van der Waals surface area contributed by atoms with Gasteiger partial charge in [-0.15, -0.1) is 0 Å². The number of carbonyl (C=O) groups excluding carboxylic acids is 1. The zero-order valence-electron chi connectivity index (χ0n) is 16.8. The highest BCUT2D eigenvalue weighted by molar-refractivity contribution is 5.91. The average molecular weight is 392 g/mol. The summed E-state index contributed by atoms with van der Waals surface area (Å²) in [5, 5.41) is 9.00. The number of hydrogen-bond acceptors (Lipinski definition) is 3. The van der Waals surface area contributed by atoms with Crippen LogP contribution in [-0.4, -0.2) is 38.7 Å². The molecule has 1 saturated carbocycles. The number of H-pyrrole nitrogens is 1. The van der Waals surface area contributed by atoms with E-state index in [1.54, 1.807) is 0 Å². The predicted molar refractivity (Wildman–Crippen MR) is 115 cm³/mol. The van der Waals surface area contributed by atoms with Crippen molar-refractivity contribution in [2.75, 3.05) is 18.4 Å². The minimum Gasteiger partial charge on any atom is -0.361 e. The van der Waals surface area contributed by atoms with Gasteiger partial charge in [-0.05, 0) is 37.3 Å². The molecule has 1 aliphatic carbocycles. The fraction of sp³-hybridized carbons (Fsp3) is 0.478. The van der Waals surface area contributed by atoms with Crippen LogP contribution in [0, 0.1) is 5.92 Å². The molecular weight excluding hydrogens is 362 g/mol. The lowest BCUT2D eigenvalue weighted by Crippen LogP contribution is -2.35. The number of rotatable bonds is 5. The molecule has 0 atom stereocenters. The summed E-state index contributed by atoms with van der Waals surface area (Å²) in [6.07, 6.45) is 10.4. The van der Waals surface area contributed by atoms with Gasteiger partial charge in [0.1, 0.15) is 5.82 Å². The maximum absolute atomic E-state index is 12.5. The number of nitrogens with one attached hydrogen (secondary N) is 2. The van der Waals surface area contributed by atoms with Crippen molar-refractivity contribution in [1.29, 1.82) is 0 Å². The number of fused-ring (bicyclic) bond motifs is 1. The van der Waals surface area contributed by atoms with Crippen LogP contribution in [0.25, 0.3) is 10.9 Å². The van der Waals surface area contributed by atoms with Crippen molar-refractivity contribution in [2.45, 2.75) is 51.1 Å². The second kappa shape index (κ2) is 8.03. The minimum absolute atomic E-state index is 0.168. The van der Waals surface area contributed by atoms with Gasteiger partial charge in [0.25, 0.3) is 0 Å². The third-order valence-corrected chi connectivity index (χ3v) is 6.62. The van der Waals surface area contributed by atoms with Crippen molar-refractivity contribution < 1.29 is 4.79 Å². The number of piperidine rings is 1. The van der Waals surface area contributed by atoms with E-state index in [4.69, 9.17) is 0 Å². The molecule has 0 radical (unpaired) electrons. The van der Waals surface area contributed by atoms with E-state index >= 15 is 0 Å². The number of benzene rings is 1. The van der Waals surface area contributed by atoms with E-state index < -0.39 is 0 Å². The molecule has 2 aromatic heterocycles. The van der Waals surface area contributed by atoms with Crippen molar-refractivity contribution in [3.63, 3.8) is 0 Å². The van der Waals surface area contributed by atoms with Crippen LogP contribution in [0.15, 0.2) is 42.7 Å². The second-order valence-corrected chi connectivity index (χ2v) is 8.50. The third-order valence-electron chi connectivity index (χ3n) is 6.62. The first kappa shape index (κ1) is 18.4. The molecule has 1 aromatic carbocycles. The van der Waals surface area contributed by atoms with Crippen LogP contribution >= 0.6 is 0 Å². The van der Waals surface area contributed by atoms with E-state index in [-0.39, 0.29) is 11.8 Å². The Morgan fingerprint density at radius 2 is 1.90 bits per heavy atom. The van der Waals surface area contributed by atoms with Crippen LogP contribution in [0.5, 0.6) is 0 Å². The normalized spacial score (nSPS) is 19.2. The Kier molecular flexibility index (Phi) is 5.10. The van der Waals surface area contributed by atoms with Gasteiger partial charge < -0.3 is 10.3 Å². The molecule has 5 rings (SSSR count). The molecule has 1 amide bonds. The van der Waals surface area contributed by atoms with Crippen molar-refractivity contribution in [1.82, 2.24) is 19.7 Å². The number of para-hydroxylation sites is 1. The molecule has 6 heteroatoms. The first-order valence-electron chi connectivity index (χ1n) is 10.9. The molecule has 6 nitrogen and oxygen atoms in total. The van der Waals surface area contributed by atoms with E-state index in [1.807, 2.05) is 16.9 Å². The van der Waals surface area contributed by atoms with E-state index in [0.29, 0.717) is 6.04 Å². The van der Waals surface area contributed by atoms with Crippen LogP contribution in [-0.2, 0) is 11.3 Å². The Labute approximate surface area is 171 Å². The number of carbonyl (C=O) groups is 1. The molecule has 1 aliphatic heterocycles. The summed E-state index contributed by atoms with van der Waals surface area (Å²) < 4.78 is 2.04. The van der Waals surface area contributed by atoms with E-state index in [1.165, 1.54) is 29.3 Å². The minimum atomic E-state index is 0.168. The van der Waals surface area contributed by atoms with Crippen LogP contribution in [0.1, 0.15) is 50.1 Å². The fourth-order valence-electron chi connectivity index (χ4n) is 4.95. The highest BCUT2D eigenvalue weighted by Crippen LogP contribution is 2.29. The largest absolute Gasteiger partial charge is 0.361 e. The average Bonchev–Trinajstić information content (AvgIpc) is 3.50. The molecule has 152 valence electrons. The Bertz CT molecular complexity index is 976. The van der Waals surface area contributed by atoms with Crippen molar-refractivity contribution in [2.24, 2.45) is 5.92 Å². The van der Waals surface area contributed by atoms with Crippen LogP contribution in [0.4, 0.5) is 5.82 Å². The molecule has 1 saturated heterocycles. The number of hydrogen-bond donors (Lipinski definition) is 2. The van der Waals surface area contributed by atoms with Gasteiger partial charge in [0.2, 0.25) is 5.91 Å². The van der Waals surface area contributed by atoms with Crippen molar-refractivity contribution in [3.05, 3.63) is 48.3 Å². The molecule has 3 aromatic rings. The summed E-state index contributed by atoms with van der Waals surface area (Å²) in [6.45, 7) is 3.06. The lowest BCUT2D eigenvalue weighted by Gasteiger charge is -2.32. The number of likely N-dealkylation sites (tertiary alicyclic amines) is 1. The van der Waals surface area contributed by atoms with Crippen molar-refractivity contribution >= 4 is 22.6 Å². The molecule has 29 heavy (non-hydrogen) atoms. The lowest BCUT2D eigenvalue weighted by molar-refractivity contribution is -0.119. The summed E-state index contributed by atoms with van der Waals surface area (Å²) in [5.41, 5.74) is 2.57.